The highest BCUT2D eigenvalue weighted by molar-refractivity contribution is 5.79. The van der Waals surface area contributed by atoms with E-state index in [0.717, 1.165) is 11.3 Å². The van der Waals surface area contributed by atoms with Crippen LogP contribution in [0.3, 0.4) is 0 Å². The molecule has 0 radical (unpaired) electrons. The van der Waals surface area contributed by atoms with Gasteiger partial charge in [0.1, 0.15) is 0 Å². The molecule has 0 atom stereocenters. The Bertz CT molecular complexity index is 340. The largest absolute Gasteiger partial charge is 0.335 e. The highest BCUT2D eigenvalue weighted by Crippen LogP contribution is 2.03. The van der Waals surface area contributed by atoms with Gasteiger partial charge in [0.05, 0.1) is 12.1 Å². The van der Waals surface area contributed by atoms with E-state index in [2.05, 4.69) is 9.99 Å². The molecule has 0 spiro atoms. The van der Waals surface area contributed by atoms with Crippen LogP contribution in [0.25, 0.3) is 0 Å². The van der Waals surface area contributed by atoms with Crippen molar-refractivity contribution >= 4 is 11.7 Å². The van der Waals surface area contributed by atoms with Gasteiger partial charge < -0.3 is 4.84 Å². The third-order valence-corrected chi connectivity index (χ3v) is 1.79. The van der Waals surface area contributed by atoms with Gasteiger partial charge in [0.25, 0.3) is 0 Å². The Morgan fingerprint density at radius 3 is 2.53 bits per heavy atom. The van der Waals surface area contributed by atoms with Gasteiger partial charge in [0.15, 0.2) is 0 Å². The first-order valence-electron chi connectivity index (χ1n) is 4.93. The van der Waals surface area contributed by atoms with E-state index in [1.807, 2.05) is 30.3 Å². The second kappa shape index (κ2) is 5.96. The molecule has 0 aliphatic rings. The molecule has 0 aliphatic carbocycles. The van der Waals surface area contributed by atoms with Crippen LogP contribution < -0.4 is 0 Å². The maximum atomic E-state index is 11.2. The van der Waals surface area contributed by atoms with Crippen LogP contribution in [0, 0.1) is 0 Å². The second-order valence-corrected chi connectivity index (χ2v) is 3.49. The molecule has 1 aromatic rings. The summed E-state index contributed by atoms with van der Waals surface area (Å²) in [4.78, 5) is 15.9. The molecule has 0 fully saturated rings. The third kappa shape index (κ3) is 4.96. The first kappa shape index (κ1) is 11.4. The van der Waals surface area contributed by atoms with Crippen LogP contribution in [-0.2, 0) is 16.1 Å². The molecule has 1 aromatic carbocycles. The SMILES string of the molecule is CC(C)=NOC(=O)CCc1ccccc1. The van der Waals surface area contributed by atoms with Gasteiger partial charge in [-0.25, -0.2) is 4.79 Å². The molecule has 0 N–H and O–H groups in total. The van der Waals surface area contributed by atoms with Crippen LogP contribution in [0.4, 0.5) is 0 Å². The summed E-state index contributed by atoms with van der Waals surface area (Å²) in [6, 6.07) is 9.83. The number of benzene rings is 1. The highest BCUT2D eigenvalue weighted by Gasteiger charge is 2.02. The van der Waals surface area contributed by atoms with Gasteiger partial charge in [-0.3, -0.25) is 0 Å². The Labute approximate surface area is 89.7 Å². The fraction of sp³-hybridized carbons (Fsp3) is 0.333. The second-order valence-electron chi connectivity index (χ2n) is 3.49. The number of hydrogen-bond donors (Lipinski definition) is 0. The first-order valence-corrected chi connectivity index (χ1v) is 4.93. The Kier molecular flexibility index (Phi) is 4.54. The average molecular weight is 205 g/mol. The summed E-state index contributed by atoms with van der Waals surface area (Å²) in [5.41, 5.74) is 1.87. The number of aryl methyl sites for hydroxylation is 1. The Morgan fingerprint density at radius 1 is 1.27 bits per heavy atom. The molecule has 3 nitrogen and oxygen atoms in total. The van der Waals surface area contributed by atoms with Crippen molar-refractivity contribution in [1.29, 1.82) is 0 Å². The van der Waals surface area contributed by atoms with E-state index in [1.165, 1.54) is 0 Å². The van der Waals surface area contributed by atoms with Gasteiger partial charge in [-0.05, 0) is 25.8 Å². The zero-order chi connectivity index (χ0) is 11.1. The average Bonchev–Trinajstić information content (AvgIpc) is 2.25. The minimum Gasteiger partial charge on any atom is -0.318 e. The molecule has 0 saturated heterocycles. The van der Waals surface area contributed by atoms with Gasteiger partial charge >= 0.3 is 5.97 Å². The van der Waals surface area contributed by atoms with E-state index < -0.39 is 0 Å². The van der Waals surface area contributed by atoms with Gasteiger partial charge in [-0.15, -0.1) is 0 Å². The smallest absolute Gasteiger partial charge is 0.318 e. The summed E-state index contributed by atoms with van der Waals surface area (Å²) in [5.74, 6) is -0.292. The molecule has 0 aliphatic heterocycles. The zero-order valence-electron chi connectivity index (χ0n) is 9.06. The van der Waals surface area contributed by atoms with Crippen molar-refractivity contribution < 1.29 is 9.63 Å². The van der Waals surface area contributed by atoms with E-state index in [1.54, 1.807) is 13.8 Å². The standard InChI is InChI=1S/C12H15NO2/c1-10(2)13-15-12(14)9-8-11-6-4-3-5-7-11/h3-7H,8-9H2,1-2H3. The van der Waals surface area contributed by atoms with Crippen molar-refractivity contribution in [3.63, 3.8) is 0 Å². The van der Waals surface area contributed by atoms with Crippen molar-refractivity contribution in [2.24, 2.45) is 5.16 Å². The Hall–Kier alpha value is -1.64. The molecule has 1 rings (SSSR count). The molecular weight excluding hydrogens is 190 g/mol. The summed E-state index contributed by atoms with van der Waals surface area (Å²) >= 11 is 0. The van der Waals surface area contributed by atoms with E-state index in [-0.39, 0.29) is 5.97 Å². The monoisotopic (exact) mass is 205 g/mol. The van der Waals surface area contributed by atoms with Crippen LogP contribution in [0.5, 0.6) is 0 Å². The molecular formula is C12H15NO2. The third-order valence-electron chi connectivity index (χ3n) is 1.79. The lowest BCUT2D eigenvalue weighted by molar-refractivity contribution is -0.143. The van der Waals surface area contributed by atoms with Crippen molar-refractivity contribution in [2.75, 3.05) is 0 Å². The fourth-order valence-corrected chi connectivity index (χ4v) is 1.08. The Balaban J connectivity index is 2.32. The number of nitrogens with zero attached hydrogens (tertiary/aromatic N) is 1. The van der Waals surface area contributed by atoms with Crippen molar-refractivity contribution in [2.45, 2.75) is 26.7 Å². The summed E-state index contributed by atoms with van der Waals surface area (Å²) in [7, 11) is 0. The van der Waals surface area contributed by atoms with Crippen LogP contribution in [0.15, 0.2) is 35.5 Å². The number of carbonyl (C=O) groups excluding carboxylic acids is 1. The molecule has 0 saturated carbocycles. The maximum absolute atomic E-state index is 11.2. The van der Waals surface area contributed by atoms with Crippen LogP contribution in [0.2, 0.25) is 0 Å². The van der Waals surface area contributed by atoms with E-state index >= 15 is 0 Å². The topological polar surface area (TPSA) is 38.7 Å². The van der Waals surface area contributed by atoms with Crippen molar-refractivity contribution in [3.05, 3.63) is 35.9 Å². The fourth-order valence-electron chi connectivity index (χ4n) is 1.08. The van der Waals surface area contributed by atoms with Crippen LogP contribution in [-0.4, -0.2) is 11.7 Å². The van der Waals surface area contributed by atoms with E-state index in [9.17, 15) is 4.79 Å². The van der Waals surface area contributed by atoms with Gasteiger partial charge in [0.2, 0.25) is 0 Å². The lowest BCUT2D eigenvalue weighted by Gasteiger charge is -1.99. The summed E-state index contributed by atoms with van der Waals surface area (Å²) in [6.45, 7) is 3.56. The van der Waals surface area contributed by atoms with Crippen molar-refractivity contribution in [1.82, 2.24) is 0 Å². The summed E-state index contributed by atoms with van der Waals surface area (Å²) in [5, 5.41) is 3.60. The number of hydrogen-bond acceptors (Lipinski definition) is 3. The molecule has 0 bridgehead atoms. The first-order chi connectivity index (χ1) is 7.18. The lowest BCUT2D eigenvalue weighted by Crippen LogP contribution is -2.02. The lowest BCUT2D eigenvalue weighted by atomic mass is 10.1. The molecule has 15 heavy (non-hydrogen) atoms. The molecule has 0 amide bonds. The zero-order valence-corrected chi connectivity index (χ0v) is 9.06. The molecule has 0 aromatic heterocycles. The van der Waals surface area contributed by atoms with Gasteiger partial charge in [-0.2, -0.15) is 0 Å². The normalized spacial score (nSPS) is 9.47. The van der Waals surface area contributed by atoms with Crippen LogP contribution >= 0.6 is 0 Å². The Morgan fingerprint density at radius 2 is 1.93 bits per heavy atom. The summed E-state index contributed by atoms with van der Waals surface area (Å²) in [6.07, 6.45) is 1.05. The van der Waals surface area contributed by atoms with E-state index in [4.69, 9.17) is 0 Å². The molecule has 0 heterocycles. The van der Waals surface area contributed by atoms with Gasteiger partial charge in [0, 0.05) is 0 Å². The van der Waals surface area contributed by atoms with Gasteiger partial charge in [-0.1, -0.05) is 35.5 Å². The quantitative estimate of drug-likeness (QED) is 0.430. The minimum absolute atomic E-state index is 0.292. The van der Waals surface area contributed by atoms with E-state index in [0.29, 0.717) is 12.8 Å². The minimum atomic E-state index is -0.292. The highest BCUT2D eigenvalue weighted by atomic mass is 16.7. The molecule has 3 heteroatoms. The number of carbonyl (C=O) groups is 1. The predicted octanol–water partition coefficient (Wildman–Crippen LogP) is 2.56. The summed E-state index contributed by atoms with van der Waals surface area (Å²) < 4.78 is 0. The van der Waals surface area contributed by atoms with Crippen molar-refractivity contribution in [3.8, 4) is 0 Å². The number of rotatable bonds is 4. The van der Waals surface area contributed by atoms with Crippen LogP contribution in [0.1, 0.15) is 25.8 Å². The number of oxime groups is 1. The maximum Gasteiger partial charge on any atom is 0.335 e. The molecule has 0 unspecified atom stereocenters. The predicted molar refractivity (Wildman–Crippen MR) is 59.6 cm³/mol. The molecule has 80 valence electrons.